The van der Waals surface area contributed by atoms with Gasteiger partial charge in [0, 0.05) is 17.1 Å². The van der Waals surface area contributed by atoms with Crippen LogP contribution in [0.5, 0.6) is 0 Å². The van der Waals surface area contributed by atoms with Gasteiger partial charge in [0.2, 0.25) is 17.6 Å². The van der Waals surface area contributed by atoms with Crippen LogP contribution in [0.1, 0.15) is 43.2 Å². The van der Waals surface area contributed by atoms with E-state index in [1.807, 2.05) is 31.2 Å². The van der Waals surface area contributed by atoms with Crippen LogP contribution >= 0.6 is 11.6 Å². The summed E-state index contributed by atoms with van der Waals surface area (Å²) in [6.07, 6.45) is 1.83. The first-order chi connectivity index (χ1) is 15.0. The molecule has 6 nitrogen and oxygen atoms in total. The van der Waals surface area contributed by atoms with Crippen molar-refractivity contribution in [1.29, 1.82) is 0 Å². The molecule has 0 radical (unpaired) electrons. The predicted octanol–water partition coefficient (Wildman–Crippen LogP) is 4.59. The zero-order chi connectivity index (χ0) is 21.8. The number of likely N-dealkylation sites (tertiary alicyclic amines) is 1. The van der Waals surface area contributed by atoms with Gasteiger partial charge in [0.25, 0.3) is 0 Å². The number of rotatable bonds is 6. The highest BCUT2D eigenvalue weighted by Crippen LogP contribution is 2.28. The van der Waals surface area contributed by atoms with Crippen LogP contribution in [0.25, 0.3) is 11.4 Å². The molecule has 0 spiro atoms. The summed E-state index contributed by atoms with van der Waals surface area (Å²) in [5, 5.41) is 7.66. The summed E-state index contributed by atoms with van der Waals surface area (Å²) in [4.78, 5) is 19.2. The fraction of sp³-hybridized carbons (Fsp3) is 0.348. The SMILES string of the molecule is CC(NC(=O)CN1CCCC(c2nc(-c3cccc(F)c3)no2)C1)c1ccccc1Cl. The molecule has 162 valence electrons. The predicted molar refractivity (Wildman–Crippen MR) is 116 cm³/mol. The minimum atomic E-state index is -0.343. The molecule has 1 fully saturated rings. The van der Waals surface area contributed by atoms with E-state index in [4.69, 9.17) is 16.1 Å². The number of amides is 1. The first kappa shape index (κ1) is 21.5. The number of nitrogens with zero attached hydrogens (tertiary/aromatic N) is 3. The molecular formula is C23H24ClFN4O2. The number of aromatic nitrogens is 2. The monoisotopic (exact) mass is 442 g/mol. The van der Waals surface area contributed by atoms with Crippen LogP contribution in [0.2, 0.25) is 5.02 Å². The van der Waals surface area contributed by atoms with Crippen LogP contribution in [0.4, 0.5) is 4.39 Å². The van der Waals surface area contributed by atoms with E-state index in [2.05, 4.69) is 20.4 Å². The van der Waals surface area contributed by atoms with Gasteiger partial charge in [-0.15, -0.1) is 0 Å². The summed E-state index contributed by atoms with van der Waals surface area (Å²) >= 11 is 6.23. The van der Waals surface area contributed by atoms with E-state index in [1.54, 1.807) is 12.1 Å². The zero-order valence-electron chi connectivity index (χ0n) is 17.2. The summed E-state index contributed by atoms with van der Waals surface area (Å²) in [6.45, 7) is 3.69. The molecule has 2 heterocycles. The van der Waals surface area contributed by atoms with E-state index >= 15 is 0 Å². The molecule has 2 unspecified atom stereocenters. The quantitative estimate of drug-likeness (QED) is 0.604. The van der Waals surface area contributed by atoms with Crippen molar-refractivity contribution in [2.24, 2.45) is 0 Å². The van der Waals surface area contributed by atoms with Gasteiger partial charge in [-0.3, -0.25) is 9.69 Å². The fourth-order valence-electron chi connectivity index (χ4n) is 3.94. The van der Waals surface area contributed by atoms with Crippen molar-refractivity contribution in [3.8, 4) is 11.4 Å². The van der Waals surface area contributed by atoms with Crippen molar-refractivity contribution in [2.45, 2.75) is 31.7 Å². The Morgan fingerprint density at radius 2 is 2.16 bits per heavy atom. The molecule has 8 heteroatoms. The molecule has 31 heavy (non-hydrogen) atoms. The molecule has 0 bridgehead atoms. The molecule has 1 aliphatic heterocycles. The van der Waals surface area contributed by atoms with E-state index in [1.165, 1.54) is 12.1 Å². The molecule has 1 saturated heterocycles. The van der Waals surface area contributed by atoms with Gasteiger partial charge in [0.05, 0.1) is 18.5 Å². The third-order valence-corrected chi connectivity index (χ3v) is 5.84. The second-order valence-corrected chi connectivity index (χ2v) is 8.26. The summed E-state index contributed by atoms with van der Waals surface area (Å²) in [5.41, 5.74) is 1.47. The normalized spacial score (nSPS) is 18.0. The molecule has 1 aromatic heterocycles. The van der Waals surface area contributed by atoms with Crippen LogP contribution in [0, 0.1) is 5.82 Å². The van der Waals surface area contributed by atoms with Gasteiger partial charge in [-0.1, -0.05) is 47.1 Å². The van der Waals surface area contributed by atoms with Gasteiger partial charge < -0.3 is 9.84 Å². The topological polar surface area (TPSA) is 71.3 Å². The molecule has 0 saturated carbocycles. The average molecular weight is 443 g/mol. The van der Waals surface area contributed by atoms with Gasteiger partial charge in [-0.05, 0) is 50.1 Å². The maximum Gasteiger partial charge on any atom is 0.234 e. The van der Waals surface area contributed by atoms with Gasteiger partial charge in [-0.25, -0.2) is 4.39 Å². The second kappa shape index (κ2) is 9.58. The number of nitrogens with one attached hydrogen (secondary N) is 1. The molecular weight excluding hydrogens is 419 g/mol. The number of piperidine rings is 1. The molecule has 2 atom stereocenters. The van der Waals surface area contributed by atoms with Crippen LogP contribution in [0.15, 0.2) is 53.1 Å². The number of halogens is 2. The van der Waals surface area contributed by atoms with Crippen LogP contribution < -0.4 is 5.32 Å². The zero-order valence-corrected chi connectivity index (χ0v) is 18.0. The molecule has 0 aliphatic carbocycles. The lowest BCUT2D eigenvalue weighted by Crippen LogP contribution is -2.42. The molecule has 1 N–H and O–H groups in total. The lowest BCUT2D eigenvalue weighted by Gasteiger charge is -2.30. The number of hydrogen-bond donors (Lipinski definition) is 1. The highest BCUT2D eigenvalue weighted by molar-refractivity contribution is 6.31. The third-order valence-electron chi connectivity index (χ3n) is 5.50. The van der Waals surface area contributed by atoms with Gasteiger partial charge in [0.1, 0.15) is 5.82 Å². The molecule has 2 aromatic carbocycles. The van der Waals surface area contributed by atoms with E-state index in [0.717, 1.165) is 24.9 Å². The van der Waals surface area contributed by atoms with E-state index in [0.29, 0.717) is 28.8 Å². The van der Waals surface area contributed by atoms with E-state index in [-0.39, 0.29) is 30.2 Å². The Balaban J connectivity index is 1.35. The average Bonchev–Trinajstić information content (AvgIpc) is 3.24. The van der Waals surface area contributed by atoms with Gasteiger partial charge >= 0.3 is 0 Å². The fourth-order valence-corrected chi connectivity index (χ4v) is 4.24. The van der Waals surface area contributed by atoms with Crippen LogP contribution in [-0.2, 0) is 4.79 Å². The number of carbonyl (C=O) groups excluding carboxylic acids is 1. The first-order valence-electron chi connectivity index (χ1n) is 10.4. The minimum Gasteiger partial charge on any atom is -0.348 e. The maximum absolute atomic E-state index is 13.5. The van der Waals surface area contributed by atoms with Crippen molar-refractivity contribution in [2.75, 3.05) is 19.6 Å². The number of hydrogen-bond acceptors (Lipinski definition) is 5. The second-order valence-electron chi connectivity index (χ2n) is 7.85. The van der Waals surface area contributed by atoms with Crippen LogP contribution in [-0.4, -0.2) is 40.6 Å². The Morgan fingerprint density at radius 3 is 2.97 bits per heavy atom. The van der Waals surface area contributed by atoms with Crippen molar-refractivity contribution in [3.05, 3.63) is 70.8 Å². The van der Waals surface area contributed by atoms with Gasteiger partial charge in [0.15, 0.2) is 0 Å². The Kier molecular flexibility index (Phi) is 6.63. The number of carbonyl (C=O) groups is 1. The standard InChI is InChI=1S/C23H24ClFN4O2/c1-15(19-9-2-3-10-20(19)24)26-21(30)14-29-11-5-7-17(13-29)23-27-22(28-31-23)16-6-4-8-18(25)12-16/h2-4,6,8-10,12,15,17H,5,7,11,13-14H2,1H3,(H,26,30). The summed E-state index contributed by atoms with van der Waals surface area (Å²) < 4.78 is 18.9. The molecule has 4 rings (SSSR count). The Bertz CT molecular complexity index is 1060. The minimum absolute atomic E-state index is 0.0392. The molecule has 1 aliphatic rings. The van der Waals surface area contributed by atoms with Crippen molar-refractivity contribution in [3.63, 3.8) is 0 Å². The Labute approximate surface area is 185 Å². The maximum atomic E-state index is 13.5. The Morgan fingerprint density at radius 1 is 1.32 bits per heavy atom. The highest BCUT2D eigenvalue weighted by atomic mass is 35.5. The summed E-state index contributed by atoms with van der Waals surface area (Å²) in [6, 6.07) is 13.4. The third kappa shape index (κ3) is 5.29. The van der Waals surface area contributed by atoms with Gasteiger partial charge in [-0.2, -0.15) is 4.98 Å². The van der Waals surface area contributed by atoms with Crippen molar-refractivity contribution < 1.29 is 13.7 Å². The largest absolute Gasteiger partial charge is 0.348 e. The van der Waals surface area contributed by atoms with Crippen LogP contribution in [0.3, 0.4) is 0 Å². The van der Waals surface area contributed by atoms with E-state index < -0.39 is 0 Å². The first-order valence-corrected chi connectivity index (χ1v) is 10.7. The van der Waals surface area contributed by atoms with Crippen molar-refractivity contribution in [1.82, 2.24) is 20.4 Å². The summed E-state index contributed by atoms with van der Waals surface area (Å²) in [5.74, 6) is 0.535. The lowest BCUT2D eigenvalue weighted by atomic mass is 9.98. The highest BCUT2D eigenvalue weighted by Gasteiger charge is 2.27. The van der Waals surface area contributed by atoms with Crippen molar-refractivity contribution >= 4 is 17.5 Å². The number of benzene rings is 2. The lowest BCUT2D eigenvalue weighted by molar-refractivity contribution is -0.123. The smallest absolute Gasteiger partial charge is 0.234 e. The Hall–Kier alpha value is -2.77. The molecule has 3 aromatic rings. The summed E-state index contributed by atoms with van der Waals surface area (Å²) in [7, 11) is 0. The van der Waals surface area contributed by atoms with E-state index in [9.17, 15) is 9.18 Å². The molecule has 1 amide bonds.